The maximum Gasteiger partial charge on any atom is 0.0744 e. The molecule has 1 aromatic rings. The molecule has 2 unspecified atom stereocenters. The minimum atomic E-state index is 0.606. The summed E-state index contributed by atoms with van der Waals surface area (Å²) < 4.78 is 6.44. The smallest absolute Gasteiger partial charge is 0.0744 e. The number of benzene rings is 1. The molecule has 0 amide bonds. The zero-order valence-electron chi connectivity index (χ0n) is 11.9. The highest BCUT2D eigenvalue weighted by Gasteiger charge is 2.17. The first-order valence-corrected chi connectivity index (χ1v) is 8.03. The standard InChI is InChI=1S/C16H24BrNO/c1-12-5-3-6-13(10-9-12)18-16-8-4-7-15(17)14(16)11-19-2/h4,7-8,12-13,18H,3,5-6,9-11H2,1-2H3. The second-order valence-electron chi connectivity index (χ2n) is 5.65. The average Bonchev–Trinajstić information content (AvgIpc) is 2.59. The number of rotatable bonds is 4. The van der Waals surface area contributed by atoms with Gasteiger partial charge in [0.2, 0.25) is 0 Å². The quantitative estimate of drug-likeness (QED) is 0.788. The number of nitrogens with one attached hydrogen (secondary N) is 1. The molecule has 1 N–H and O–H groups in total. The van der Waals surface area contributed by atoms with Crippen molar-refractivity contribution in [1.29, 1.82) is 0 Å². The highest BCUT2D eigenvalue weighted by atomic mass is 79.9. The van der Waals surface area contributed by atoms with Gasteiger partial charge in [-0.3, -0.25) is 0 Å². The Morgan fingerprint density at radius 1 is 1.26 bits per heavy atom. The lowest BCUT2D eigenvalue weighted by Crippen LogP contribution is -2.19. The molecular formula is C16H24BrNO. The van der Waals surface area contributed by atoms with E-state index < -0.39 is 0 Å². The van der Waals surface area contributed by atoms with Gasteiger partial charge in [0.05, 0.1) is 6.61 Å². The van der Waals surface area contributed by atoms with E-state index in [0.29, 0.717) is 12.6 Å². The Hall–Kier alpha value is -0.540. The Labute approximate surface area is 125 Å². The first kappa shape index (κ1) is 14.9. The Bertz CT molecular complexity index is 408. The summed E-state index contributed by atoms with van der Waals surface area (Å²) in [6.07, 6.45) is 6.61. The summed E-state index contributed by atoms with van der Waals surface area (Å²) in [7, 11) is 1.75. The lowest BCUT2D eigenvalue weighted by molar-refractivity contribution is 0.185. The van der Waals surface area contributed by atoms with Gasteiger partial charge in [-0.2, -0.15) is 0 Å². The van der Waals surface area contributed by atoms with Gasteiger partial charge in [0.15, 0.2) is 0 Å². The molecule has 1 aromatic carbocycles. The molecule has 1 saturated carbocycles. The van der Waals surface area contributed by atoms with E-state index >= 15 is 0 Å². The van der Waals surface area contributed by atoms with Gasteiger partial charge in [-0.15, -0.1) is 0 Å². The summed E-state index contributed by atoms with van der Waals surface area (Å²) in [5, 5.41) is 3.73. The third-order valence-electron chi connectivity index (χ3n) is 4.02. The van der Waals surface area contributed by atoms with Crippen molar-refractivity contribution in [2.45, 2.75) is 51.7 Å². The molecule has 1 fully saturated rings. The van der Waals surface area contributed by atoms with Crippen molar-refractivity contribution < 1.29 is 4.74 Å². The topological polar surface area (TPSA) is 21.3 Å². The summed E-state index contributed by atoms with van der Waals surface area (Å²) in [6, 6.07) is 6.93. The Morgan fingerprint density at radius 3 is 2.89 bits per heavy atom. The zero-order valence-corrected chi connectivity index (χ0v) is 13.5. The van der Waals surface area contributed by atoms with Crippen molar-refractivity contribution in [2.75, 3.05) is 12.4 Å². The van der Waals surface area contributed by atoms with Crippen molar-refractivity contribution in [3.05, 3.63) is 28.2 Å². The highest BCUT2D eigenvalue weighted by Crippen LogP contribution is 2.29. The molecule has 106 valence electrons. The van der Waals surface area contributed by atoms with Crippen LogP contribution in [0.1, 0.15) is 44.6 Å². The van der Waals surface area contributed by atoms with Crippen LogP contribution in [0.3, 0.4) is 0 Å². The van der Waals surface area contributed by atoms with Crippen LogP contribution in [0, 0.1) is 5.92 Å². The van der Waals surface area contributed by atoms with Gasteiger partial charge in [0, 0.05) is 28.9 Å². The average molecular weight is 326 g/mol. The molecule has 2 nitrogen and oxygen atoms in total. The summed E-state index contributed by atoms with van der Waals surface area (Å²) in [6.45, 7) is 3.02. The number of ether oxygens (including phenoxy) is 1. The molecule has 1 aliphatic carbocycles. The first-order valence-electron chi connectivity index (χ1n) is 7.23. The van der Waals surface area contributed by atoms with Crippen LogP contribution >= 0.6 is 15.9 Å². The predicted molar refractivity (Wildman–Crippen MR) is 84.5 cm³/mol. The Morgan fingerprint density at radius 2 is 2.11 bits per heavy atom. The normalized spacial score (nSPS) is 23.9. The first-order chi connectivity index (χ1) is 9.20. The minimum Gasteiger partial charge on any atom is -0.382 e. The van der Waals surface area contributed by atoms with E-state index in [-0.39, 0.29) is 0 Å². The van der Waals surface area contributed by atoms with E-state index in [2.05, 4.69) is 46.4 Å². The Balaban J connectivity index is 2.07. The number of methoxy groups -OCH3 is 1. The number of anilines is 1. The summed E-state index contributed by atoms with van der Waals surface area (Å²) in [4.78, 5) is 0. The van der Waals surface area contributed by atoms with Gasteiger partial charge >= 0.3 is 0 Å². The van der Waals surface area contributed by atoms with Crippen LogP contribution in [0.4, 0.5) is 5.69 Å². The molecule has 0 bridgehead atoms. The van der Waals surface area contributed by atoms with Crippen LogP contribution in [0.2, 0.25) is 0 Å². The third kappa shape index (κ3) is 4.22. The van der Waals surface area contributed by atoms with Gasteiger partial charge in [-0.1, -0.05) is 41.8 Å². The van der Waals surface area contributed by atoms with Crippen LogP contribution in [-0.2, 0) is 11.3 Å². The molecule has 0 spiro atoms. The maximum atomic E-state index is 5.31. The molecule has 3 heteroatoms. The van der Waals surface area contributed by atoms with E-state index in [4.69, 9.17) is 4.74 Å². The monoisotopic (exact) mass is 325 g/mol. The lowest BCUT2D eigenvalue weighted by Gasteiger charge is -2.21. The molecule has 2 atom stereocenters. The second-order valence-corrected chi connectivity index (χ2v) is 6.51. The van der Waals surface area contributed by atoms with E-state index in [1.54, 1.807) is 7.11 Å². The Kier molecular flexibility index (Phi) is 5.71. The van der Waals surface area contributed by atoms with Gasteiger partial charge in [-0.05, 0) is 37.3 Å². The lowest BCUT2D eigenvalue weighted by atomic mass is 10.0. The van der Waals surface area contributed by atoms with Gasteiger partial charge in [0.1, 0.15) is 0 Å². The third-order valence-corrected chi connectivity index (χ3v) is 4.77. The maximum absolute atomic E-state index is 5.31. The SMILES string of the molecule is COCc1c(Br)cccc1NC1CCCC(C)CC1. The fourth-order valence-electron chi connectivity index (χ4n) is 2.84. The molecule has 2 rings (SSSR count). The van der Waals surface area contributed by atoms with Gasteiger partial charge in [-0.25, -0.2) is 0 Å². The van der Waals surface area contributed by atoms with E-state index in [9.17, 15) is 0 Å². The second kappa shape index (κ2) is 7.30. The van der Waals surface area contributed by atoms with Gasteiger partial charge in [0.25, 0.3) is 0 Å². The van der Waals surface area contributed by atoms with E-state index in [1.165, 1.54) is 43.4 Å². The number of halogens is 1. The van der Waals surface area contributed by atoms with Crippen molar-refractivity contribution in [1.82, 2.24) is 0 Å². The molecular weight excluding hydrogens is 302 g/mol. The van der Waals surface area contributed by atoms with Crippen LogP contribution in [0.5, 0.6) is 0 Å². The number of hydrogen-bond acceptors (Lipinski definition) is 2. The predicted octanol–water partition coefficient (Wildman–Crippen LogP) is 4.98. The fourth-order valence-corrected chi connectivity index (χ4v) is 3.32. The van der Waals surface area contributed by atoms with Crippen LogP contribution in [-0.4, -0.2) is 13.2 Å². The van der Waals surface area contributed by atoms with Crippen LogP contribution in [0.15, 0.2) is 22.7 Å². The zero-order chi connectivity index (χ0) is 13.7. The minimum absolute atomic E-state index is 0.606. The highest BCUT2D eigenvalue weighted by molar-refractivity contribution is 9.10. The summed E-state index contributed by atoms with van der Waals surface area (Å²) >= 11 is 3.62. The van der Waals surface area contributed by atoms with Crippen molar-refractivity contribution >= 4 is 21.6 Å². The molecule has 0 saturated heterocycles. The molecule has 0 aromatic heterocycles. The van der Waals surface area contributed by atoms with Crippen molar-refractivity contribution in [2.24, 2.45) is 5.92 Å². The molecule has 0 radical (unpaired) electrons. The summed E-state index contributed by atoms with van der Waals surface area (Å²) in [5.74, 6) is 0.882. The largest absolute Gasteiger partial charge is 0.382 e. The summed E-state index contributed by atoms with van der Waals surface area (Å²) in [5.41, 5.74) is 2.44. The molecule has 0 heterocycles. The van der Waals surface area contributed by atoms with Crippen molar-refractivity contribution in [3.63, 3.8) is 0 Å². The number of hydrogen-bond donors (Lipinski definition) is 1. The molecule has 0 aliphatic heterocycles. The van der Waals surface area contributed by atoms with Crippen LogP contribution < -0.4 is 5.32 Å². The van der Waals surface area contributed by atoms with Gasteiger partial charge < -0.3 is 10.1 Å². The molecule has 1 aliphatic rings. The van der Waals surface area contributed by atoms with Crippen molar-refractivity contribution in [3.8, 4) is 0 Å². The molecule has 19 heavy (non-hydrogen) atoms. The van der Waals surface area contributed by atoms with E-state index in [1.807, 2.05) is 0 Å². The van der Waals surface area contributed by atoms with E-state index in [0.717, 1.165) is 10.4 Å². The fraction of sp³-hybridized carbons (Fsp3) is 0.625. The van der Waals surface area contributed by atoms with Crippen LogP contribution in [0.25, 0.3) is 0 Å².